The van der Waals surface area contributed by atoms with Gasteiger partial charge in [-0.1, -0.05) is 0 Å². The second-order valence-electron chi connectivity index (χ2n) is 10.9. The Morgan fingerprint density at radius 3 is 1.51 bits per heavy atom. The van der Waals surface area contributed by atoms with Crippen molar-refractivity contribution in [2.24, 2.45) is 0 Å². The molecule has 5 rings (SSSR count). The number of H-pyrrole nitrogens is 1. The monoisotopic (exact) mass is 728 g/mol. The molecule has 1 N–H and O–H groups in total. The molecule has 0 amide bonds. The molecule has 5 heterocycles. The molecular weight excluding hydrogens is 684 g/mol. The predicted octanol–water partition coefficient (Wildman–Crippen LogP) is 9.18. The molecule has 4 nitrogen and oxygen atoms in total. The average molecular weight is 729 g/mol. The van der Waals surface area contributed by atoms with Gasteiger partial charge in [-0.25, -0.2) is 0 Å². The molecule has 0 fully saturated rings. The molecule has 0 saturated carbocycles. The summed E-state index contributed by atoms with van der Waals surface area (Å²) < 4.78 is 3.85. The van der Waals surface area contributed by atoms with Crippen LogP contribution in [0.1, 0.15) is 118 Å². The Balaban J connectivity index is 2.17. The minimum absolute atomic E-state index is 0.916. The van der Waals surface area contributed by atoms with Crippen molar-refractivity contribution in [3.63, 3.8) is 0 Å². The number of nitrogens with one attached hydrogen (secondary N) is 1. The number of rotatable bonds is 8. The molecule has 8 bridgehead atoms. The summed E-state index contributed by atoms with van der Waals surface area (Å²) in [6.07, 6.45) is 11.4. The van der Waals surface area contributed by atoms with Gasteiger partial charge in [-0.2, -0.15) is 0 Å². The zero-order valence-corrected chi connectivity index (χ0v) is 28.4. The Morgan fingerprint density at radius 2 is 1.05 bits per heavy atom. The van der Waals surface area contributed by atoms with Crippen LogP contribution in [0.2, 0.25) is 0 Å². The van der Waals surface area contributed by atoms with Gasteiger partial charge in [0.25, 0.3) is 0 Å². The van der Waals surface area contributed by atoms with Crippen LogP contribution in [-0.4, -0.2) is 19.5 Å². The van der Waals surface area contributed by atoms with Crippen molar-refractivity contribution in [3.8, 4) is 0 Å². The molecule has 2 aliphatic rings. The fourth-order valence-corrected chi connectivity index (χ4v) is 7.82. The van der Waals surface area contributed by atoms with Crippen LogP contribution in [0, 0.1) is 0 Å². The van der Waals surface area contributed by atoms with Crippen molar-refractivity contribution >= 4 is 43.8 Å². The number of fused-ring (bicyclic) bond motifs is 8. The van der Waals surface area contributed by atoms with Crippen LogP contribution >= 0.6 is 0 Å². The molecule has 0 aromatic carbocycles. The number of aromatic nitrogens is 4. The first-order valence-electron chi connectivity index (χ1n) is 15.8. The molecule has 0 saturated heterocycles. The van der Waals surface area contributed by atoms with Gasteiger partial charge in [-0.05, 0) is 0 Å². The van der Waals surface area contributed by atoms with Crippen LogP contribution in [-0.2, 0) is 64.9 Å². The number of hydrogen-bond acceptors (Lipinski definition) is 2. The van der Waals surface area contributed by atoms with E-state index in [1.807, 2.05) is 0 Å². The minimum atomic E-state index is 0.916. The van der Waals surface area contributed by atoms with Crippen molar-refractivity contribution in [2.45, 2.75) is 107 Å². The number of nitrogens with zero attached hydrogens (tertiary/aromatic N) is 3. The summed E-state index contributed by atoms with van der Waals surface area (Å²) in [5.74, 6) is 0. The fourth-order valence-electron chi connectivity index (χ4n) is 7.03. The van der Waals surface area contributed by atoms with Gasteiger partial charge in [0, 0.05) is 0 Å². The topological polar surface area (TPSA) is 46.5 Å². The first kappa shape index (κ1) is 29.8. The molecule has 5 heteroatoms. The van der Waals surface area contributed by atoms with Gasteiger partial charge in [0.05, 0.1) is 0 Å². The number of aromatic amines is 1. The second kappa shape index (κ2) is 12.3. The first-order chi connectivity index (χ1) is 19.9. The van der Waals surface area contributed by atoms with Crippen molar-refractivity contribution < 1.29 is 19.8 Å². The second-order valence-corrected chi connectivity index (χ2v) is 12.1. The van der Waals surface area contributed by atoms with E-state index in [0.29, 0.717) is 0 Å². The van der Waals surface area contributed by atoms with E-state index < -0.39 is 0 Å². The molecule has 0 radical (unpaired) electrons. The SMILES string of the molecule is CCC1=Cc2nc1c(CC)c1c(CC)c(CC)c(c(CC)c3nc(c(CC)c4ccc([nH]4)c2CC)C=[C]3[Pt])n1CC. The average Bonchev–Trinajstić information content (AvgIpc) is 3.76. The van der Waals surface area contributed by atoms with Gasteiger partial charge in [-0.3, -0.25) is 0 Å². The number of allylic oxidation sites excluding steroid dienone is 1. The van der Waals surface area contributed by atoms with Gasteiger partial charge < -0.3 is 0 Å². The van der Waals surface area contributed by atoms with E-state index in [9.17, 15) is 0 Å². The molecule has 3 aromatic heterocycles. The molecule has 2 aliphatic heterocycles. The maximum absolute atomic E-state index is 5.46. The Labute approximate surface area is 257 Å². The summed E-state index contributed by atoms with van der Waals surface area (Å²) in [5, 5.41) is 0. The molecule has 0 unspecified atom stereocenters. The third-order valence-electron chi connectivity index (χ3n) is 8.94. The van der Waals surface area contributed by atoms with Crippen LogP contribution in [0.3, 0.4) is 0 Å². The molecule has 0 aliphatic carbocycles. The molecular formula is C36H45N4Pt. The quantitative estimate of drug-likeness (QED) is 0.252. The summed E-state index contributed by atoms with van der Waals surface area (Å²) in [6.45, 7) is 19.2. The predicted molar refractivity (Wildman–Crippen MR) is 173 cm³/mol. The molecule has 41 heavy (non-hydrogen) atoms. The Kier molecular flexibility index (Phi) is 8.90. The number of aryl methyl sites for hydroxylation is 7. The summed E-state index contributed by atoms with van der Waals surface area (Å²) >= 11 is 2.49. The first-order valence-corrected chi connectivity index (χ1v) is 16.9. The Morgan fingerprint density at radius 1 is 0.585 bits per heavy atom. The van der Waals surface area contributed by atoms with Gasteiger partial charge in [0.15, 0.2) is 0 Å². The molecule has 0 atom stereocenters. The van der Waals surface area contributed by atoms with Crippen LogP contribution in [0.25, 0.3) is 43.8 Å². The van der Waals surface area contributed by atoms with Gasteiger partial charge >= 0.3 is 258 Å². The normalized spacial score (nSPS) is 13.1. The van der Waals surface area contributed by atoms with Crippen LogP contribution in [0.15, 0.2) is 12.1 Å². The fraction of sp³-hybridized carbons (Fsp3) is 0.444. The van der Waals surface area contributed by atoms with Crippen molar-refractivity contribution in [1.82, 2.24) is 19.5 Å². The van der Waals surface area contributed by atoms with Crippen LogP contribution < -0.4 is 0 Å². The summed E-state index contributed by atoms with van der Waals surface area (Å²) in [5.41, 5.74) is 19.2. The standard InChI is InChI=1S/C36H45N4.Pt/c1-9-22-21-33-26(13-5)31-18-17-29(37-31)25(12-4)30-19-20-32(38-30)27(14-6)35-23(10-2)24(11-3)36(40(35)16-8)28(15-7)34(22)39-33;/h17-19,21,37H,9-16H2,1-8H3;. The summed E-state index contributed by atoms with van der Waals surface area (Å²) in [4.78, 5) is 14.6. The van der Waals surface area contributed by atoms with E-state index in [1.54, 1.807) is 0 Å². The van der Waals surface area contributed by atoms with E-state index in [2.05, 4.69) is 109 Å². The van der Waals surface area contributed by atoms with Crippen molar-refractivity contribution in [3.05, 3.63) is 68.3 Å². The zero-order chi connectivity index (χ0) is 29.4. The van der Waals surface area contributed by atoms with Crippen molar-refractivity contribution in [1.29, 1.82) is 0 Å². The summed E-state index contributed by atoms with van der Waals surface area (Å²) in [7, 11) is 0. The van der Waals surface area contributed by atoms with E-state index in [0.717, 1.165) is 79.6 Å². The Hall–Kier alpha value is -2.71. The molecule has 219 valence electrons. The van der Waals surface area contributed by atoms with E-state index in [-0.39, 0.29) is 0 Å². The third kappa shape index (κ3) is 4.81. The van der Waals surface area contributed by atoms with E-state index >= 15 is 0 Å². The van der Waals surface area contributed by atoms with E-state index in [4.69, 9.17) is 9.97 Å². The third-order valence-corrected chi connectivity index (χ3v) is 9.80. The zero-order valence-electron chi connectivity index (χ0n) is 26.1. The Bertz CT molecular complexity index is 1730. The van der Waals surface area contributed by atoms with Crippen LogP contribution in [0.4, 0.5) is 0 Å². The maximum atomic E-state index is 5.46. The molecule has 0 spiro atoms. The summed E-state index contributed by atoms with van der Waals surface area (Å²) in [6, 6.07) is 4.47. The van der Waals surface area contributed by atoms with E-state index in [1.165, 1.54) is 59.6 Å². The number of hydrogen-bond donors (Lipinski definition) is 1. The van der Waals surface area contributed by atoms with Crippen molar-refractivity contribution in [2.75, 3.05) is 0 Å². The van der Waals surface area contributed by atoms with Gasteiger partial charge in [0.1, 0.15) is 0 Å². The van der Waals surface area contributed by atoms with Crippen LogP contribution in [0.5, 0.6) is 0 Å². The van der Waals surface area contributed by atoms with Gasteiger partial charge in [-0.15, -0.1) is 0 Å². The van der Waals surface area contributed by atoms with Gasteiger partial charge in [0.2, 0.25) is 0 Å². The molecule has 3 aromatic rings.